The molecule has 2 aliphatic rings. The van der Waals surface area contributed by atoms with E-state index in [1.807, 2.05) is 24.4 Å². The monoisotopic (exact) mass is 427 g/mol. The number of ether oxygens (including phenoxy) is 2. The number of aromatic nitrogens is 1. The van der Waals surface area contributed by atoms with E-state index in [1.54, 1.807) is 0 Å². The second-order valence-electron chi connectivity index (χ2n) is 9.40. The second-order valence-corrected chi connectivity index (χ2v) is 9.40. The predicted molar refractivity (Wildman–Crippen MR) is 125 cm³/mol. The molecule has 0 unspecified atom stereocenters. The van der Waals surface area contributed by atoms with Gasteiger partial charge in [0.2, 0.25) is 6.79 Å². The second kappa shape index (κ2) is 7.77. The first-order valence-corrected chi connectivity index (χ1v) is 11.4. The molecular weight excluding hydrogens is 398 g/mol. The highest BCUT2D eigenvalue weighted by atomic mass is 16.7. The van der Waals surface area contributed by atoms with Crippen LogP contribution in [0.4, 0.5) is 0 Å². The Morgan fingerprint density at radius 2 is 1.72 bits per heavy atom. The van der Waals surface area contributed by atoms with E-state index < -0.39 is 5.41 Å². The fourth-order valence-corrected chi connectivity index (χ4v) is 4.64. The normalized spacial score (nSPS) is 15.8. The molecule has 0 bridgehead atoms. The number of fused-ring (bicyclic) bond motifs is 1. The third kappa shape index (κ3) is 3.48. The Morgan fingerprint density at radius 3 is 2.41 bits per heavy atom. The van der Waals surface area contributed by atoms with Gasteiger partial charge in [-0.2, -0.15) is 0 Å². The van der Waals surface area contributed by atoms with E-state index in [0.29, 0.717) is 12.3 Å². The Balaban J connectivity index is 1.39. The smallest absolute Gasteiger partial charge is 0.231 e. The number of benzene rings is 2. The first-order chi connectivity index (χ1) is 15.4. The quantitative estimate of drug-likeness (QED) is 0.480. The van der Waals surface area contributed by atoms with Crippen molar-refractivity contribution < 1.29 is 14.3 Å². The van der Waals surface area contributed by atoms with Crippen molar-refractivity contribution in [2.75, 3.05) is 6.79 Å². The molecule has 2 heterocycles. The highest BCUT2D eigenvalue weighted by Crippen LogP contribution is 2.51. The summed E-state index contributed by atoms with van der Waals surface area (Å²) in [6.07, 6.45) is 4.04. The van der Waals surface area contributed by atoms with Gasteiger partial charge in [-0.3, -0.25) is 9.78 Å². The molecule has 0 atom stereocenters. The molecule has 0 saturated heterocycles. The standard InChI is InChI=1S/C28H29NO3/c1-17(2)20-5-7-21(8-6-20)23-15-29-24(19(4)18(23)3)14-27(30)28(11-12-28)22-9-10-25-26(13-22)32-16-31-25/h5-10,13,15,17H,11-12,14,16H2,1-4H3. The highest BCUT2D eigenvalue weighted by molar-refractivity contribution is 5.94. The largest absolute Gasteiger partial charge is 0.454 e. The first kappa shape index (κ1) is 20.7. The predicted octanol–water partition coefficient (Wildman–Crippen LogP) is 6.06. The topological polar surface area (TPSA) is 48.4 Å². The first-order valence-electron chi connectivity index (χ1n) is 11.4. The van der Waals surface area contributed by atoms with Crippen LogP contribution in [0.3, 0.4) is 0 Å². The third-order valence-electron chi connectivity index (χ3n) is 7.17. The molecule has 1 aliphatic carbocycles. The van der Waals surface area contributed by atoms with Crippen molar-refractivity contribution in [1.29, 1.82) is 0 Å². The number of carbonyl (C=O) groups excluding carboxylic acids is 1. The maximum Gasteiger partial charge on any atom is 0.231 e. The van der Waals surface area contributed by atoms with Crippen LogP contribution in [-0.4, -0.2) is 17.6 Å². The van der Waals surface area contributed by atoms with Crippen LogP contribution in [0, 0.1) is 13.8 Å². The summed E-state index contributed by atoms with van der Waals surface area (Å²) in [4.78, 5) is 18.1. The number of carbonyl (C=O) groups is 1. The van der Waals surface area contributed by atoms with E-state index in [0.717, 1.165) is 46.7 Å². The van der Waals surface area contributed by atoms with Gasteiger partial charge in [0.1, 0.15) is 5.78 Å². The maximum absolute atomic E-state index is 13.4. The van der Waals surface area contributed by atoms with Crippen molar-refractivity contribution in [2.45, 2.75) is 58.3 Å². The molecule has 0 N–H and O–H groups in total. The van der Waals surface area contributed by atoms with Gasteiger partial charge < -0.3 is 9.47 Å². The van der Waals surface area contributed by atoms with Crippen LogP contribution in [0.25, 0.3) is 11.1 Å². The van der Waals surface area contributed by atoms with Crippen LogP contribution in [-0.2, 0) is 16.6 Å². The van der Waals surface area contributed by atoms with Crippen LogP contribution in [0.1, 0.15) is 60.6 Å². The van der Waals surface area contributed by atoms with Gasteiger partial charge in [0.25, 0.3) is 0 Å². The number of nitrogens with zero attached hydrogens (tertiary/aromatic N) is 1. The van der Waals surface area contributed by atoms with Gasteiger partial charge in [-0.05, 0) is 72.6 Å². The maximum atomic E-state index is 13.4. The van der Waals surface area contributed by atoms with Crippen molar-refractivity contribution in [3.05, 3.63) is 76.6 Å². The summed E-state index contributed by atoms with van der Waals surface area (Å²) in [5.41, 5.74) is 7.42. The number of Topliss-reactive ketones (excluding diaryl/α,β-unsaturated/α-hetero) is 1. The van der Waals surface area contributed by atoms with Crippen molar-refractivity contribution in [2.24, 2.45) is 0 Å². The summed E-state index contributed by atoms with van der Waals surface area (Å²) in [6, 6.07) is 14.6. The molecule has 32 heavy (non-hydrogen) atoms. The van der Waals surface area contributed by atoms with Gasteiger partial charge >= 0.3 is 0 Å². The van der Waals surface area contributed by atoms with E-state index in [1.165, 1.54) is 16.7 Å². The third-order valence-corrected chi connectivity index (χ3v) is 7.17. The lowest BCUT2D eigenvalue weighted by molar-refractivity contribution is -0.120. The fraction of sp³-hybridized carbons (Fsp3) is 0.357. The minimum Gasteiger partial charge on any atom is -0.454 e. The van der Waals surface area contributed by atoms with Crippen molar-refractivity contribution in [3.63, 3.8) is 0 Å². The zero-order valence-electron chi connectivity index (χ0n) is 19.2. The Morgan fingerprint density at radius 1 is 1.00 bits per heavy atom. The molecule has 0 amide bonds. The molecule has 1 aromatic heterocycles. The van der Waals surface area contributed by atoms with Crippen molar-refractivity contribution in [1.82, 2.24) is 4.98 Å². The van der Waals surface area contributed by atoms with Gasteiger partial charge in [-0.25, -0.2) is 0 Å². The number of ketones is 1. The Hall–Kier alpha value is -3.14. The van der Waals surface area contributed by atoms with Gasteiger partial charge in [-0.1, -0.05) is 44.2 Å². The zero-order chi connectivity index (χ0) is 22.5. The summed E-state index contributed by atoms with van der Waals surface area (Å²) >= 11 is 0. The van der Waals surface area contributed by atoms with Gasteiger partial charge in [-0.15, -0.1) is 0 Å². The summed E-state index contributed by atoms with van der Waals surface area (Å²) in [7, 11) is 0. The average molecular weight is 428 g/mol. The minimum absolute atomic E-state index is 0.236. The summed E-state index contributed by atoms with van der Waals surface area (Å²) in [5.74, 6) is 2.24. The fourth-order valence-electron chi connectivity index (χ4n) is 4.64. The molecule has 0 radical (unpaired) electrons. The lowest BCUT2D eigenvalue weighted by Crippen LogP contribution is -2.23. The molecule has 4 heteroatoms. The zero-order valence-corrected chi connectivity index (χ0v) is 19.2. The van der Waals surface area contributed by atoms with Crippen molar-refractivity contribution in [3.8, 4) is 22.6 Å². The Bertz CT molecular complexity index is 1190. The van der Waals surface area contributed by atoms with Crippen LogP contribution in [0.2, 0.25) is 0 Å². The van der Waals surface area contributed by atoms with E-state index >= 15 is 0 Å². The van der Waals surface area contributed by atoms with E-state index in [2.05, 4.69) is 52.0 Å². The minimum atomic E-state index is -0.408. The molecular formula is C28H29NO3. The molecule has 1 fully saturated rings. The summed E-state index contributed by atoms with van der Waals surface area (Å²) in [5, 5.41) is 0. The Kier molecular flexibility index (Phi) is 5.04. The molecule has 5 rings (SSSR count). The lowest BCUT2D eigenvalue weighted by Gasteiger charge is -2.17. The number of hydrogen-bond acceptors (Lipinski definition) is 4. The van der Waals surface area contributed by atoms with Crippen LogP contribution < -0.4 is 9.47 Å². The van der Waals surface area contributed by atoms with E-state index in [9.17, 15) is 4.79 Å². The van der Waals surface area contributed by atoms with Crippen LogP contribution in [0.15, 0.2) is 48.7 Å². The van der Waals surface area contributed by atoms with Crippen LogP contribution >= 0.6 is 0 Å². The van der Waals surface area contributed by atoms with E-state index in [4.69, 9.17) is 14.5 Å². The van der Waals surface area contributed by atoms with Gasteiger partial charge in [0.15, 0.2) is 11.5 Å². The Labute approximate surface area is 189 Å². The molecule has 3 aromatic rings. The highest BCUT2D eigenvalue weighted by Gasteiger charge is 2.51. The summed E-state index contributed by atoms with van der Waals surface area (Å²) in [6.45, 7) is 8.86. The van der Waals surface area contributed by atoms with Crippen molar-refractivity contribution >= 4 is 5.78 Å². The van der Waals surface area contributed by atoms with Gasteiger partial charge in [0, 0.05) is 18.2 Å². The van der Waals surface area contributed by atoms with Crippen LogP contribution in [0.5, 0.6) is 11.5 Å². The SMILES string of the molecule is Cc1c(-c2ccc(C(C)C)cc2)cnc(CC(=O)C2(c3ccc4c(c3)OCO4)CC2)c1C. The number of pyridine rings is 1. The molecule has 2 aromatic carbocycles. The summed E-state index contributed by atoms with van der Waals surface area (Å²) < 4.78 is 10.9. The molecule has 0 spiro atoms. The van der Waals surface area contributed by atoms with Gasteiger partial charge in [0.05, 0.1) is 11.1 Å². The molecule has 4 nitrogen and oxygen atoms in total. The average Bonchev–Trinajstić information content (AvgIpc) is 3.48. The molecule has 164 valence electrons. The number of hydrogen-bond donors (Lipinski definition) is 0. The number of rotatable bonds is 6. The van der Waals surface area contributed by atoms with E-state index in [-0.39, 0.29) is 12.6 Å². The molecule has 1 aliphatic heterocycles. The molecule has 1 saturated carbocycles. The lowest BCUT2D eigenvalue weighted by atomic mass is 9.87.